The van der Waals surface area contributed by atoms with Crippen molar-refractivity contribution in [3.8, 4) is 0 Å². The van der Waals surface area contributed by atoms with Crippen LogP contribution in [0.4, 0.5) is 0 Å². The van der Waals surface area contributed by atoms with Gasteiger partial charge in [0.05, 0.1) is 0 Å². The van der Waals surface area contributed by atoms with Gasteiger partial charge in [0.2, 0.25) is 0 Å². The first-order valence-corrected chi connectivity index (χ1v) is 4.03. The molecule has 0 atom stereocenters. The molecule has 1 rings (SSSR count). The van der Waals surface area contributed by atoms with Gasteiger partial charge in [0, 0.05) is 0 Å². The Kier molecular flexibility index (Phi) is 8.39. The summed E-state index contributed by atoms with van der Waals surface area (Å²) in [7, 11) is 0. The average molecular weight is 251 g/mol. The molecule has 0 radical (unpaired) electrons. The quantitative estimate of drug-likeness (QED) is 0.505. The molecule has 2 heteroatoms. The van der Waals surface area contributed by atoms with Crippen molar-refractivity contribution < 1.29 is 17.0 Å². The van der Waals surface area contributed by atoms with Crippen LogP contribution in [0.2, 0.25) is 0 Å². The van der Waals surface area contributed by atoms with E-state index in [-0.39, 0.29) is 45.4 Å². The average Bonchev–Trinajstić information content (AvgIpc) is 2.06. The predicted octanol–water partition coefficient (Wildman–Crippen LogP) is -0.188. The van der Waals surface area contributed by atoms with Gasteiger partial charge in [0.15, 0.2) is 0 Å². The maximum atomic E-state index is 2.22. The molecule has 0 unspecified atom stereocenters. The maximum absolute atomic E-state index is 2.22. The summed E-state index contributed by atoms with van der Waals surface area (Å²) in [6.07, 6.45) is 2.22. The van der Waals surface area contributed by atoms with Crippen LogP contribution in [0, 0.1) is 6.42 Å². The molecular formula is C11H15BrMg. The standard InChI is InChI=1S/C11H15.BrH.Mg/c1-4-11(2,3)10-8-6-5-7-9-10;;/h4-9H,1-3H3;1H;/q-1;;+2/p-1. The summed E-state index contributed by atoms with van der Waals surface area (Å²) in [5, 5.41) is 0. The van der Waals surface area contributed by atoms with Crippen LogP contribution >= 0.6 is 0 Å². The molecule has 0 N–H and O–H groups in total. The monoisotopic (exact) mass is 250 g/mol. The van der Waals surface area contributed by atoms with Crippen LogP contribution in [0.5, 0.6) is 0 Å². The molecule has 0 saturated carbocycles. The normalized spacial score (nSPS) is 9.77. The number of rotatable bonds is 2. The van der Waals surface area contributed by atoms with E-state index in [0.29, 0.717) is 0 Å². The largest absolute Gasteiger partial charge is 2.00 e. The van der Waals surface area contributed by atoms with E-state index >= 15 is 0 Å². The summed E-state index contributed by atoms with van der Waals surface area (Å²) in [5.74, 6) is 0. The van der Waals surface area contributed by atoms with Crippen molar-refractivity contribution in [1.82, 2.24) is 0 Å². The molecular weight excluding hydrogens is 236 g/mol. The SMILES string of the molecule is C[CH-]C(C)(C)c1ccccc1.[Br-].[Mg+2]. The van der Waals surface area contributed by atoms with Crippen molar-refractivity contribution in [2.24, 2.45) is 0 Å². The van der Waals surface area contributed by atoms with Crippen molar-refractivity contribution >= 4 is 23.1 Å². The maximum Gasteiger partial charge on any atom is 2.00 e. The zero-order valence-electron chi connectivity index (χ0n) is 8.55. The second-order valence-corrected chi connectivity index (χ2v) is 3.38. The molecule has 0 spiro atoms. The Morgan fingerprint density at radius 3 is 1.92 bits per heavy atom. The first-order chi connectivity index (χ1) is 5.17. The van der Waals surface area contributed by atoms with E-state index in [9.17, 15) is 0 Å². The minimum atomic E-state index is 0. The number of benzene rings is 1. The first kappa shape index (κ1) is 15.9. The van der Waals surface area contributed by atoms with E-state index < -0.39 is 0 Å². The van der Waals surface area contributed by atoms with E-state index in [4.69, 9.17) is 0 Å². The second-order valence-electron chi connectivity index (χ2n) is 3.38. The number of hydrogen-bond donors (Lipinski definition) is 0. The number of hydrogen-bond acceptors (Lipinski definition) is 0. The molecule has 0 aromatic heterocycles. The molecule has 1 aromatic carbocycles. The van der Waals surface area contributed by atoms with Crippen LogP contribution < -0.4 is 17.0 Å². The smallest absolute Gasteiger partial charge is 1.00 e. The fourth-order valence-electron chi connectivity index (χ4n) is 1.03. The third kappa shape index (κ3) is 4.48. The molecule has 0 fully saturated rings. The zero-order valence-corrected chi connectivity index (χ0v) is 11.5. The molecule has 0 nitrogen and oxygen atoms in total. The molecule has 0 aliphatic carbocycles. The molecule has 0 saturated heterocycles. The van der Waals surface area contributed by atoms with Gasteiger partial charge in [-0.1, -0.05) is 49.7 Å². The van der Waals surface area contributed by atoms with Crippen LogP contribution in [-0.2, 0) is 5.41 Å². The second kappa shape index (κ2) is 6.85. The minimum absolute atomic E-state index is 0. The zero-order chi connectivity index (χ0) is 8.32. The molecule has 0 bridgehead atoms. The summed E-state index contributed by atoms with van der Waals surface area (Å²) in [6, 6.07) is 10.6. The molecule has 0 aliphatic rings. The van der Waals surface area contributed by atoms with Crippen molar-refractivity contribution in [3.05, 3.63) is 42.3 Å². The molecule has 0 heterocycles. The van der Waals surface area contributed by atoms with Gasteiger partial charge >= 0.3 is 23.1 Å². The Bertz CT molecular complexity index is 219. The van der Waals surface area contributed by atoms with Crippen LogP contribution in [0.3, 0.4) is 0 Å². The van der Waals surface area contributed by atoms with Gasteiger partial charge in [0.25, 0.3) is 0 Å². The van der Waals surface area contributed by atoms with E-state index in [1.54, 1.807) is 0 Å². The van der Waals surface area contributed by atoms with Gasteiger partial charge in [-0.2, -0.15) is 6.92 Å². The van der Waals surface area contributed by atoms with Gasteiger partial charge in [-0.15, -0.1) is 5.41 Å². The molecule has 0 amide bonds. The predicted molar refractivity (Wildman–Crippen MR) is 55.2 cm³/mol. The van der Waals surface area contributed by atoms with Crippen LogP contribution in [0.1, 0.15) is 26.3 Å². The van der Waals surface area contributed by atoms with E-state index in [1.807, 2.05) is 0 Å². The summed E-state index contributed by atoms with van der Waals surface area (Å²) in [6.45, 7) is 6.55. The first-order valence-electron chi connectivity index (χ1n) is 4.03. The van der Waals surface area contributed by atoms with Crippen LogP contribution in [0.25, 0.3) is 0 Å². The fraction of sp³-hybridized carbons (Fsp3) is 0.364. The summed E-state index contributed by atoms with van der Waals surface area (Å²) < 4.78 is 0. The minimum Gasteiger partial charge on any atom is -1.00 e. The summed E-state index contributed by atoms with van der Waals surface area (Å²) in [5.41, 5.74) is 1.59. The third-order valence-electron chi connectivity index (χ3n) is 2.24. The van der Waals surface area contributed by atoms with Crippen molar-refractivity contribution in [2.45, 2.75) is 26.2 Å². The van der Waals surface area contributed by atoms with Gasteiger partial charge in [-0.05, 0) is 0 Å². The molecule has 68 valence electrons. The van der Waals surface area contributed by atoms with Crippen molar-refractivity contribution in [2.75, 3.05) is 0 Å². The fourth-order valence-corrected chi connectivity index (χ4v) is 1.03. The van der Waals surface area contributed by atoms with Gasteiger partial charge in [-0.3, -0.25) is 0 Å². The van der Waals surface area contributed by atoms with Gasteiger partial charge < -0.3 is 23.4 Å². The Labute approximate surface area is 108 Å². The van der Waals surface area contributed by atoms with E-state index in [2.05, 4.69) is 57.5 Å². The Morgan fingerprint density at radius 2 is 1.54 bits per heavy atom. The topological polar surface area (TPSA) is 0 Å². The molecule has 0 aliphatic heterocycles. The van der Waals surface area contributed by atoms with Crippen LogP contribution in [0.15, 0.2) is 30.3 Å². The van der Waals surface area contributed by atoms with E-state index in [0.717, 1.165) is 0 Å². The van der Waals surface area contributed by atoms with Gasteiger partial charge in [0.1, 0.15) is 0 Å². The third-order valence-corrected chi connectivity index (χ3v) is 2.24. The van der Waals surface area contributed by atoms with Crippen LogP contribution in [-0.4, -0.2) is 23.1 Å². The Hall–Kier alpha value is 0.466. The number of halogens is 1. The van der Waals surface area contributed by atoms with Gasteiger partial charge in [-0.25, -0.2) is 0 Å². The Balaban J connectivity index is 0. The summed E-state index contributed by atoms with van der Waals surface area (Å²) >= 11 is 0. The Morgan fingerprint density at radius 1 is 1.08 bits per heavy atom. The molecule has 1 aromatic rings. The van der Waals surface area contributed by atoms with Crippen molar-refractivity contribution in [1.29, 1.82) is 0 Å². The van der Waals surface area contributed by atoms with Crippen molar-refractivity contribution in [3.63, 3.8) is 0 Å². The molecule has 13 heavy (non-hydrogen) atoms. The summed E-state index contributed by atoms with van der Waals surface area (Å²) in [4.78, 5) is 0. The van der Waals surface area contributed by atoms with E-state index in [1.165, 1.54) is 5.56 Å².